The van der Waals surface area contributed by atoms with Gasteiger partial charge in [-0.05, 0) is 63.8 Å². The van der Waals surface area contributed by atoms with Crippen molar-refractivity contribution < 1.29 is 8.42 Å². The Labute approximate surface area is 129 Å². The lowest BCUT2D eigenvalue weighted by Gasteiger charge is -2.43. The smallest absolute Gasteiger partial charge is 0.214 e. The summed E-state index contributed by atoms with van der Waals surface area (Å²) >= 11 is 0. The van der Waals surface area contributed by atoms with E-state index in [1.165, 1.54) is 38.5 Å². The number of sulfonamides is 1. The van der Waals surface area contributed by atoms with Crippen molar-refractivity contribution in [1.29, 1.82) is 0 Å². The molecule has 0 amide bonds. The van der Waals surface area contributed by atoms with E-state index in [9.17, 15) is 8.42 Å². The summed E-state index contributed by atoms with van der Waals surface area (Å²) < 4.78 is 27.2. The van der Waals surface area contributed by atoms with E-state index in [-0.39, 0.29) is 0 Å². The third kappa shape index (κ3) is 4.20. The quantitative estimate of drug-likeness (QED) is 0.735. The maximum absolute atomic E-state index is 12.7. The number of nitrogens with zero attached hydrogens (tertiary/aromatic N) is 1. The van der Waals surface area contributed by atoms with Crippen LogP contribution in [0.4, 0.5) is 0 Å². The molecule has 1 heterocycles. The Kier molecular flexibility index (Phi) is 5.23. The van der Waals surface area contributed by atoms with Crippen LogP contribution in [0.15, 0.2) is 0 Å². The molecule has 2 atom stereocenters. The third-order valence-corrected chi connectivity index (χ3v) is 7.36. The zero-order chi connectivity index (χ0) is 14.7. The van der Waals surface area contributed by atoms with Gasteiger partial charge in [-0.3, -0.25) is 0 Å². The lowest BCUT2D eigenvalue weighted by atomic mass is 9.79. The summed E-state index contributed by atoms with van der Waals surface area (Å²) in [4.78, 5) is 0. The van der Waals surface area contributed by atoms with Crippen LogP contribution < -0.4 is 5.32 Å². The highest BCUT2D eigenvalue weighted by Gasteiger charge is 2.38. The number of unbranched alkanes of at least 4 members (excludes halogenated alkanes) is 1. The van der Waals surface area contributed by atoms with Gasteiger partial charge in [-0.25, -0.2) is 8.42 Å². The van der Waals surface area contributed by atoms with E-state index in [2.05, 4.69) is 5.32 Å². The summed E-state index contributed by atoms with van der Waals surface area (Å²) in [7, 11) is -3.03. The highest BCUT2D eigenvalue weighted by Crippen LogP contribution is 2.36. The summed E-state index contributed by atoms with van der Waals surface area (Å²) in [5.74, 6) is 0.988. The first-order valence-corrected chi connectivity index (χ1v) is 10.5. The fraction of sp³-hybridized carbons (Fsp3) is 1.00. The fourth-order valence-corrected chi connectivity index (χ4v) is 5.95. The van der Waals surface area contributed by atoms with Crippen LogP contribution >= 0.6 is 0 Å². The van der Waals surface area contributed by atoms with Gasteiger partial charge in [0.25, 0.3) is 0 Å². The van der Waals surface area contributed by atoms with Gasteiger partial charge in [-0.2, -0.15) is 4.31 Å². The van der Waals surface area contributed by atoms with E-state index in [4.69, 9.17) is 0 Å². The molecule has 2 saturated carbocycles. The summed E-state index contributed by atoms with van der Waals surface area (Å²) in [6.07, 6.45) is 11.5. The second-order valence-corrected chi connectivity index (χ2v) is 9.16. The van der Waals surface area contributed by atoms with Crippen molar-refractivity contribution in [2.75, 3.05) is 18.8 Å². The van der Waals surface area contributed by atoms with Crippen molar-refractivity contribution in [3.8, 4) is 0 Å². The van der Waals surface area contributed by atoms with Gasteiger partial charge in [0, 0.05) is 18.6 Å². The number of hydrogen-bond donors (Lipinski definition) is 1. The number of fused-ring (bicyclic) bond motifs is 1. The Morgan fingerprint density at radius 1 is 0.952 bits per heavy atom. The molecule has 0 bridgehead atoms. The molecule has 2 aliphatic carbocycles. The molecular formula is C16H30N2O2S. The first-order valence-electron chi connectivity index (χ1n) is 8.90. The molecule has 21 heavy (non-hydrogen) atoms. The van der Waals surface area contributed by atoms with Gasteiger partial charge in [0.15, 0.2) is 0 Å². The van der Waals surface area contributed by atoms with Crippen molar-refractivity contribution in [3.63, 3.8) is 0 Å². The van der Waals surface area contributed by atoms with Crippen LogP contribution in [0.1, 0.15) is 64.2 Å². The van der Waals surface area contributed by atoms with Gasteiger partial charge in [-0.1, -0.05) is 12.8 Å². The lowest BCUT2D eigenvalue weighted by molar-refractivity contribution is 0.129. The molecule has 5 heteroatoms. The molecule has 0 aromatic rings. The first kappa shape index (κ1) is 15.8. The highest BCUT2D eigenvalue weighted by molar-refractivity contribution is 7.89. The van der Waals surface area contributed by atoms with Crippen LogP contribution in [0, 0.1) is 5.92 Å². The predicted molar refractivity (Wildman–Crippen MR) is 85.7 cm³/mol. The number of piperidine rings is 1. The molecule has 3 aliphatic rings. The van der Waals surface area contributed by atoms with Gasteiger partial charge < -0.3 is 5.32 Å². The van der Waals surface area contributed by atoms with Crippen molar-refractivity contribution >= 4 is 10.0 Å². The third-order valence-electron chi connectivity index (χ3n) is 5.39. The molecule has 4 nitrogen and oxygen atoms in total. The molecule has 1 aliphatic heterocycles. The Balaban J connectivity index is 1.47. The minimum absolute atomic E-state index is 0.321. The summed E-state index contributed by atoms with van der Waals surface area (Å²) in [5, 5.41) is 3.46. The SMILES string of the molecule is O=S(=O)(CCCCNC1CC1)N1CCC[C@H]2CCCC[C@H]21. The molecule has 122 valence electrons. The summed E-state index contributed by atoms with van der Waals surface area (Å²) in [5.41, 5.74) is 0. The molecule has 0 spiro atoms. The first-order chi connectivity index (χ1) is 10.2. The average Bonchev–Trinajstić information content (AvgIpc) is 3.30. The highest BCUT2D eigenvalue weighted by atomic mass is 32.2. The molecule has 0 aromatic heterocycles. The molecule has 3 rings (SSSR count). The standard InChI is InChI=1S/C16H30N2O2S/c19-21(20,13-4-3-11-17-15-9-10-15)18-12-5-7-14-6-1-2-8-16(14)18/h14-17H,1-13H2/t14-,16-/m1/s1. The normalized spacial score (nSPS) is 31.0. The predicted octanol–water partition coefficient (Wildman–Crippen LogP) is 2.50. The number of nitrogens with one attached hydrogen (secondary N) is 1. The monoisotopic (exact) mass is 314 g/mol. The topological polar surface area (TPSA) is 49.4 Å². The number of hydrogen-bond acceptors (Lipinski definition) is 3. The van der Waals surface area contributed by atoms with Crippen LogP contribution in [-0.2, 0) is 10.0 Å². The molecular weight excluding hydrogens is 284 g/mol. The maximum atomic E-state index is 12.7. The maximum Gasteiger partial charge on any atom is 0.214 e. The van der Waals surface area contributed by atoms with Gasteiger partial charge in [0.05, 0.1) is 5.75 Å². The Morgan fingerprint density at radius 3 is 2.52 bits per heavy atom. The largest absolute Gasteiger partial charge is 0.314 e. The van der Waals surface area contributed by atoms with Gasteiger partial charge in [0.1, 0.15) is 0 Å². The second-order valence-electron chi connectivity index (χ2n) is 7.12. The van der Waals surface area contributed by atoms with E-state index in [0.717, 1.165) is 44.8 Å². The van der Waals surface area contributed by atoms with Crippen LogP contribution in [0.5, 0.6) is 0 Å². The van der Waals surface area contributed by atoms with Crippen LogP contribution in [-0.4, -0.2) is 43.6 Å². The Morgan fingerprint density at radius 2 is 1.71 bits per heavy atom. The van der Waals surface area contributed by atoms with Gasteiger partial charge in [-0.15, -0.1) is 0 Å². The molecule has 3 fully saturated rings. The van der Waals surface area contributed by atoms with Crippen molar-refractivity contribution in [2.24, 2.45) is 5.92 Å². The minimum atomic E-state index is -3.03. The summed E-state index contributed by atoms with van der Waals surface area (Å²) in [6.45, 7) is 1.75. The fourth-order valence-electron chi connectivity index (χ4n) is 4.04. The van der Waals surface area contributed by atoms with Crippen LogP contribution in [0.3, 0.4) is 0 Å². The molecule has 1 N–H and O–H groups in total. The molecule has 0 radical (unpaired) electrons. The van der Waals surface area contributed by atoms with Crippen molar-refractivity contribution in [3.05, 3.63) is 0 Å². The van der Waals surface area contributed by atoms with Crippen LogP contribution in [0.25, 0.3) is 0 Å². The minimum Gasteiger partial charge on any atom is -0.314 e. The zero-order valence-corrected chi connectivity index (χ0v) is 13.9. The molecule has 0 unspecified atom stereocenters. The van der Waals surface area contributed by atoms with E-state index in [1.54, 1.807) is 0 Å². The van der Waals surface area contributed by atoms with E-state index >= 15 is 0 Å². The van der Waals surface area contributed by atoms with E-state index in [1.807, 2.05) is 4.31 Å². The summed E-state index contributed by atoms with van der Waals surface area (Å²) in [6, 6.07) is 1.05. The van der Waals surface area contributed by atoms with Crippen molar-refractivity contribution in [2.45, 2.75) is 76.3 Å². The van der Waals surface area contributed by atoms with E-state index in [0.29, 0.717) is 17.7 Å². The van der Waals surface area contributed by atoms with Gasteiger partial charge in [0.2, 0.25) is 10.0 Å². The zero-order valence-electron chi connectivity index (χ0n) is 13.1. The van der Waals surface area contributed by atoms with E-state index < -0.39 is 10.0 Å². The molecule has 1 saturated heterocycles. The Hall–Kier alpha value is -0.130. The van der Waals surface area contributed by atoms with Crippen molar-refractivity contribution in [1.82, 2.24) is 9.62 Å². The number of rotatable bonds is 7. The second kappa shape index (κ2) is 6.97. The lowest BCUT2D eigenvalue weighted by Crippen LogP contribution is -2.50. The molecule has 0 aromatic carbocycles. The van der Waals surface area contributed by atoms with Crippen LogP contribution in [0.2, 0.25) is 0 Å². The average molecular weight is 314 g/mol. The Bertz CT molecular complexity index is 432. The van der Waals surface area contributed by atoms with Gasteiger partial charge >= 0.3 is 0 Å².